The summed E-state index contributed by atoms with van der Waals surface area (Å²) in [6.07, 6.45) is 4.19. The smallest absolute Gasteiger partial charge is 0.344 e. The molecule has 1 N–H and O–H groups in total. The van der Waals surface area contributed by atoms with Gasteiger partial charge in [0.05, 0.1) is 10.6 Å². The number of nitrogens with zero attached hydrogens (tertiary/aromatic N) is 1. The maximum absolute atomic E-state index is 12.0. The Labute approximate surface area is 183 Å². The number of furan rings is 1. The molecule has 0 atom stereocenters. The molecule has 0 aliphatic heterocycles. The van der Waals surface area contributed by atoms with Crippen molar-refractivity contribution in [2.24, 2.45) is 0 Å². The van der Waals surface area contributed by atoms with Crippen molar-refractivity contribution in [3.05, 3.63) is 58.3 Å². The van der Waals surface area contributed by atoms with Crippen molar-refractivity contribution in [1.29, 1.82) is 5.26 Å². The zero-order chi connectivity index (χ0) is 21.8. The molecule has 1 aliphatic rings. The van der Waals surface area contributed by atoms with Gasteiger partial charge in [0, 0.05) is 23.1 Å². The SMILES string of the molecule is N#Cc1ccc(NC(=O)COC(=O)COc2ccc3oc4c(c3c2)CCCC4)cc1Cl. The maximum Gasteiger partial charge on any atom is 0.344 e. The second-order valence-corrected chi connectivity index (χ2v) is 7.58. The van der Waals surface area contributed by atoms with Gasteiger partial charge in [0.2, 0.25) is 0 Å². The Morgan fingerprint density at radius 3 is 2.77 bits per heavy atom. The fourth-order valence-corrected chi connectivity index (χ4v) is 3.76. The van der Waals surface area contributed by atoms with Gasteiger partial charge in [0.25, 0.3) is 5.91 Å². The molecule has 0 saturated carbocycles. The predicted octanol–water partition coefficient (Wildman–Crippen LogP) is 4.40. The van der Waals surface area contributed by atoms with Crippen LogP contribution >= 0.6 is 11.6 Å². The molecule has 7 nitrogen and oxygen atoms in total. The summed E-state index contributed by atoms with van der Waals surface area (Å²) in [5, 5.41) is 12.7. The van der Waals surface area contributed by atoms with Crippen LogP contribution in [0.4, 0.5) is 5.69 Å². The summed E-state index contributed by atoms with van der Waals surface area (Å²) in [7, 11) is 0. The molecule has 0 radical (unpaired) electrons. The summed E-state index contributed by atoms with van der Waals surface area (Å²) in [6, 6.07) is 11.9. The van der Waals surface area contributed by atoms with E-state index in [0.717, 1.165) is 42.4 Å². The lowest BCUT2D eigenvalue weighted by atomic mass is 9.96. The highest BCUT2D eigenvalue weighted by atomic mass is 35.5. The van der Waals surface area contributed by atoms with Gasteiger partial charge in [-0.2, -0.15) is 5.26 Å². The van der Waals surface area contributed by atoms with Crippen LogP contribution in [-0.4, -0.2) is 25.1 Å². The van der Waals surface area contributed by atoms with E-state index in [1.165, 1.54) is 23.8 Å². The van der Waals surface area contributed by atoms with Gasteiger partial charge in [0.1, 0.15) is 23.2 Å². The number of carbonyl (C=O) groups excluding carboxylic acids is 2. The highest BCUT2D eigenvalue weighted by Gasteiger charge is 2.18. The van der Waals surface area contributed by atoms with E-state index in [0.29, 0.717) is 17.0 Å². The van der Waals surface area contributed by atoms with Gasteiger partial charge in [-0.1, -0.05) is 11.6 Å². The number of halogens is 1. The van der Waals surface area contributed by atoms with Gasteiger partial charge in [-0.25, -0.2) is 4.79 Å². The molecule has 0 unspecified atom stereocenters. The number of hydrogen-bond donors (Lipinski definition) is 1. The van der Waals surface area contributed by atoms with Gasteiger partial charge in [0.15, 0.2) is 13.2 Å². The van der Waals surface area contributed by atoms with Crippen LogP contribution in [0.15, 0.2) is 40.8 Å². The van der Waals surface area contributed by atoms with Gasteiger partial charge >= 0.3 is 5.97 Å². The summed E-state index contributed by atoms with van der Waals surface area (Å²) in [5.74, 6) is 0.380. The Morgan fingerprint density at radius 1 is 1.13 bits per heavy atom. The summed E-state index contributed by atoms with van der Waals surface area (Å²) >= 11 is 5.93. The Morgan fingerprint density at radius 2 is 1.97 bits per heavy atom. The quantitative estimate of drug-likeness (QED) is 0.572. The lowest BCUT2D eigenvalue weighted by Gasteiger charge is -2.09. The van der Waals surface area contributed by atoms with Crippen molar-refractivity contribution in [3.8, 4) is 11.8 Å². The summed E-state index contributed by atoms with van der Waals surface area (Å²) in [6.45, 7) is -0.782. The Bertz CT molecular complexity index is 1190. The number of hydrogen-bond acceptors (Lipinski definition) is 6. The van der Waals surface area contributed by atoms with E-state index in [1.807, 2.05) is 18.2 Å². The number of aryl methyl sites for hydroxylation is 2. The van der Waals surface area contributed by atoms with E-state index in [4.69, 9.17) is 30.8 Å². The minimum absolute atomic E-state index is 0.224. The fourth-order valence-electron chi connectivity index (χ4n) is 3.54. The largest absolute Gasteiger partial charge is 0.482 e. The molecule has 4 rings (SSSR count). The standard InChI is InChI=1S/C23H19ClN2O5/c24-19-9-15(6-5-14(19)11-25)26-22(27)12-30-23(28)13-29-16-7-8-21-18(10-16)17-3-1-2-4-20(17)31-21/h5-10H,1-4,12-13H2,(H,26,27). The van der Waals surface area contributed by atoms with E-state index in [2.05, 4.69) is 5.32 Å². The van der Waals surface area contributed by atoms with Crippen molar-refractivity contribution in [2.45, 2.75) is 25.7 Å². The molecular weight excluding hydrogens is 420 g/mol. The number of amides is 1. The fraction of sp³-hybridized carbons (Fsp3) is 0.261. The number of anilines is 1. The Kier molecular flexibility index (Phi) is 6.10. The molecule has 158 valence electrons. The van der Waals surface area contributed by atoms with E-state index in [-0.39, 0.29) is 11.6 Å². The molecule has 0 bridgehead atoms. The topological polar surface area (TPSA) is 102 Å². The number of nitrogens with one attached hydrogen (secondary N) is 1. The van der Waals surface area contributed by atoms with Crippen LogP contribution in [0.1, 0.15) is 29.7 Å². The van der Waals surface area contributed by atoms with Gasteiger partial charge in [-0.15, -0.1) is 0 Å². The molecule has 8 heteroatoms. The molecule has 0 saturated heterocycles. The molecule has 3 aromatic rings. The van der Waals surface area contributed by atoms with E-state index in [1.54, 1.807) is 6.07 Å². The van der Waals surface area contributed by atoms with Crippen LogP contribution in [0, 0.1) is 11.3 Å². The molecular formula is C23H19ClN2O5. The van der Waals surface area contributed by atoms with Crippen molar-refractivity contribution in [3.63, 3.8) is 0 Å². The number of nitriles is 1. The summed E-state index contributed by atoms with van der Waals surface area (Å²) < 4.78 is 16.4. The Hall–Kier alpha value is -3.50. The van der Waals surface area contributed by atoms with Crippen molar-refractivity contribution in [1.82, 2.24) is 0 Å². The highest BCUT2D eigenvalue weighted by molar-refractivity contribution is 6.32. The first-order valence-corrected chi connectivity index (χ1v) is 10.2. The lowest BCUT2D eigenvalue weighted by molar-refractivity contribution is -0.149. The minimum atomic E-state index is -0.665. The first kappa shape index (κ1) is 20.8. The monoisotopic (exact) mass is 438 g/mol. The van der Waals surface area contributed by atoms with E-state index < -0.39 is 18.5 Å². The third kappa shape index (κ3) is 4.81. The van der Waals surface area contributed by atoms with Crippen molar-refractivity contribution >= 4 is 40.1 Å². The second-order valence-electron chi connectivity index (χ2n) is 7.17. The number of ether oxygens (including phenoxy) is 2. The van der Waals surface area contributed by atoms with Gasteiger partial charge < -0.3 is 19.2 Å². The molecule has 0 spiro atoms. The number of carbonyl (C=O) groups is 2. The third-order valence-corrected chi connectivity index (χ3v) is 5.33. The zero-order valence-electron chi connectivity index (χ0n) is 16.6. The number of esters is 1. The molecule has 31 heavy (non-hydrogen) atoms. The van der Waals surface area contributed by atoms with Gasteiger partial charge in [-0.05, 0) is 55.7 Å². The predicted molar refractivity (Wildman–Crippen MR) is 114 cm³/mol. The van der Waals surface area contributed by atoms with Crippen molar-refractivity contribution in [2.75, 3.05) is 18.5 Å². The molecule has 2 aromatic carbocycles. The van der Waals surface area contributed by atoms with E-state index >= 15 is 0 Å². The first-order chi connectivity index (χ1) is 15.0. The van der Waals surface area contributed by atoms with E-state index in [9.17, 15) is 9.59 Å². The molecule has 0 fully saturated rings. The average molecular weight is 439 g/mol. The van der Waals surface area contributed by atoms with Crippen LogP contribution in [0.5, 0.6) is 5.75 Å². The molecule has 1 heterocycles. The molecule has 1 amide bonds. The summed E-state index contributed by atoms with van der Waals surface area (Å²) in [4.78, 5) is 23.9. The number of benzene rings is 2. The lowest BCUT2D eigenvalue weighted by Crippen LogP contribution is -2.23. The third-order valence-electron chi connectivity index (χ3n) is 5.02. The maximum atomic E-state index is 12.0. The first-order valence-electron chi connectivity index (χ1n) is 9.85. The van der Waals surface area contributed by atoms with Crippen LogP contribution in [0.3, 0.4) is 0 Å². The van der Waals surface area contributed by atoms with Crippen molar-refractivity contribution < 1.29 is 23.5 Å². The highest BCUT2D eigenvalue weighted by Crippen LogP contribution is 2.33. The van der Waals surface area contributed by atoms with Gasteiger partial charge in [-0.3, -0.25) is 4.79 Å². The molecule has 1 aromatic heterocycles. The molecule has 1 aliphatic carbocycles. The van der Waals surface area contributed by atoms with Crippen LogP contribution in [0.25, 0.3) is 11.0 Å². The van der Waals surface area contributed by atoms with Crippen LogP contribution in [-0.2, 0) is 27.2 Å². The second kappa shape index (κ2) is 9.11. The average Bonchev–Trinajstić information content (AvgIpc) is 3.14. The Balaban J connectivity index is 1.28. The zero-order valence-corrected chi connectivity index (χ0v) is 17.3. The minimum Gasteiger partial charge on any atom is -0.482 e. The normalized spacial score (nSPS) is 12.6. The number of rotatable bonds is 6. The van der Waals surface area contributed by atoms with Crippen LogP contribution in [0.2, 0.25) is 5.02 Å². The summed E-state index contributed by atoms with van der Waals surface area (Å²) in [5.41, 5.74) is 2.74. The van der Waals surface area contributed by atoms with Crippen LogP contribution < -0.4 is 10.1 Å². The number of fused-ring (bicyclic) bond motifs is 3.